The summed E-state index contributed by atoms with van der Waals surface area (Å²) < 4.78 is 1.00. The standard InChI is InChI=1S/C14H12BrClN2O/c15-10-6-4-9(5-7-10)8-18-14(19)11-2-1-3-12(16)13(11)17/h1-7H,8,17H2,(H,18,19). The number of anilines is 1. The Morgan fingerprint density at radius 1 is 1.21 bits per heavy atom. The number of carbonyl (C=O) groups excluding carboxylic acids is 1. The lowest BCUT2D eigenvalue weighted by Crippen LogP contribution is -2.23. The van der Waals surface area contributed by atoms with Crippen molar-refractivity contribution in [2.75, 3.05) is 5.73 Å². The van der Waals surface area contributed by atoms with Crippen molar-refractivity contribution >= 4 is 39.1 Å². The molecule has 1 amide bonds. The van der Waals surface area contributed by atoms with Crippen LogP contribution in [0, 0.1) is 0 Å². The zero-order valence-electron chi connectivity index (χ0n) is 9.99. The van der Waals surface area contributed by atoms with Crippen LogP contribution in [0.4, 0.5) is 5.69 Å². The van der Waals surface area contributed by atoms with Gasteiger partial charge in [-0.3, -0.25) is 4.79 Å². The number of amides is 1. The molecule has 3 nitrogen and oxygen atoms in total. The summed E-state index contributed by atoms with van der Waals surface area (Å²) >= 11 is 9.24. The molecule has 19 heavy (non-hydrogen) atoms. The molecule has 0 fully saturated rings. The molecule has 0 aliphatic rings. The number of hydrogen-bond donors (Lipinski definition) is 2. The zero-order chi connectivity index (χ0) is 13.8. The lowest BCUT2D eigenvalue weighted by molar-refractivity contribution is 0.0952. The largest absolute Gasteiger partial charge is 0.397 e. The van der Waals surface area contributed by atoms with E-state index in [1.807, 2.05) is 24.3 Å². The van der Waals surface area contributed by atoms with Crippen LogP contribution in [0.15, 0.2) is 46.9 Å². The summed E-state index contributed by atoms with van der Waals surface area (Å²) in [7, 11) is 0. The Bertz CT molecular complexity index is 599. The first-order chi connectivity index (χ1) is 9.08. The Morgan fingerprint density at radius 3 is 2.58 bits per heavy atom. The topological polar surface area (TPSA) is 55.1 Å². The van der Waals surface area contributed by atoms with Crippen LogP contribution in [0.2, 0.25) is 5.02 Å². The number of benzene rings is 2. The molecule has 0 saturated heterocycles. The molecule has 5 heteroatoms. The van der Waals surface area contributed by atoms with Crippen molar-refractivity contribution < 1.29 is 4.79 Å². The predicted molar refractivity (Wildman–Crippen MR) is 81.2 cm³/mol. The minimum absolute atomic E-state index is 0.233. The highest BCUT2D eigenvalue weighted by Gasteiger charge is 2.11. The smallest absolute Gasteiger partial charge is 0.253 e. The molecule has 0 bridgehead atoms. The minimum atomic E-state index is -0.233. The Kier molecular flexibility index (Phi) is 4.45. The first-order valence-corrected chi connectivity index (χ1v) is 6.81. The van der Waals surface area contributed by atoms with E-state index in [0.29, 0.717) is 22.8 Å². The van der Waals surface area contributed by atoms with Crippen LogP contribution >= 0.6 is 27.5 Å². The summed E-state index contributed by atoms with van der Waals surface area (Å²) in [4.78, 5) is 12.0. The highest BCUT2D eigenvalue weighted by atomic mass is 79.9. The fraction of sp³-hybridized carbons (Fsp3) is 0.0714. The SMILES string of the molecule is Nc1c(Cl)cccc1C(=O)NCc1ccc(Br)cc1. The molecule has 0 saturated carbocycles. The third-order valence-electron chi connectivity index (χ3n) is 2.66. The number of nitrogens with one attached hydrogen (secondary N) is 1. The van der Waals surface area contributed by atoms with E-state index in [-0.39, 0.29) is 5.91 Å². The normalized spacial score (nSPS) is 10.2. The molecule has 0 unspecified atom stereocenters. The van der Waals surface area contributed by atoms with Crippen LogP contribution in [0.1, 0.15) is 15.9 Å². The third kappa shape index (κ3) is 3.49. The number of carbonyl (C=O) groups is 1. The van der Waals surface area contributed by atoms with Gasteiger partial charge in [0.15, 0.2) is 0 Å². The number of hydrogen-bond acceptors (Lipinski definition) is 2. The average molecular weight is 340 g/mol. The van der Waals surface area contributed by atoms with E-state index in [1.165, 1.54) is 0 Å². The van der Waals surface area contributed by atoms with Crippen LogP contribution in [-0.4, -0.2) is 5.91 Å². The van der Waals surface area contributed by atoms with Crippen LogP contribution < -0.4 is 11.1 Å². The lowest BCUT2D eigenvalue weighted by Gasteiger charge is -2.08. The van der Waals surface area contributed by atoms with Crippen LogP contribution in [0.3, 0.4) is 0 Å². The summed E-state index contributed by atoms with van der Waals surface area (Å²) in [5, 5.41) is 3.20. The molecular formula is C14H12BrClN2O. The fourth-order valence-electron chi connectivity index (χ4n) is 1.61. The highest BCUT2D eigenvalue weighted by molar-refractivity contribution is 9.10. The van der Waals surface area contributed by atoms with Gasteiger partial charge >= 0.3 is 0 Å². The number of para-hydroxylation sites is 1. The van der Waals surface area contributed by atoms with Gasteiger partial charge in [-0.05, 0) is 29.8 Å². The van der Waals surface area contributed by atoms with Crippen molar-refractivity contribution in [3.63, 3.8) is 0 Å². The molecular weight excluding hydrogens is 328 g/mol. The van der Waals surface area contributed by atoms with Crippen molar-refractivity contribution in [1.29, 1.82) is 0 Å². The predicted octanol–water partition coefficient (Wildman–Crippen LogP) is 3.61. The Labute approximate surface area is 124 Å². The maximum atomic E-state index is 12.0. The summed E-state index contributed by atoms with van der Waals surface area (Å²) in [5.74, 6) is -0.233. The molecule has 0 radical (unpaired) electrons. The second-order valence-electron chi connectivity index (χ2n) is 4.01. The highest BCUT2D eigenvalue weighted by Crippen LogP contribution is 2.22. The number of halogens is 2. The number of nitrogens with two attached hydrogens (primary N) is 1. The van der Waals surface area contributed by atoms with Gasteiger partial charge < -0.3 is 11.1 Å². The fourth-order valence-corrected chi connectivity index (χ4v) is 2.05. The molecule has 3 N–H and O–H groups in total. The first-order valence-electron chi connectivity index (χ1n) is 5.64. The van der Waals surface area contributed by atoms with E-state index >= 15 is 0 Å². The van der Waals surface area contributed by atoms with Gasteiger partial charge in [0.2, 0.25) is 0 Å². The van der Waals surface area contributed by atoms with Gasteiger partial charge in [0, 0.05) is 11.0 Å². The molecule has 2 rings (SSSR count). The lowest BCUT2D eigenvalue weighted by atomic mass is 10.1. The van der Waals surface area contributed by atoms with E-state index in [2.05, 4.69) is 21.2 Å². The van der Waals surface area contributed by atoms with E-state index in [4.69, 9.17) is 17.3 Å². The van der Waals surface area contributed by atoms with E-state index in [1.54, 1.807) is 18.2 Å². The second kappa shape index (κ2) is 6.08. The van der Waals surface area contributed by atoms with Crippen LogP contribution in [-0.2, 0) is 6.54 Å². The average Bonchev–Trinajstić information content (AvgIpc) is 2.41. The molecule has 0 aromatic heterocycles. The summed E-state index contributed by atoms with van der Waals surface area (Å²) in [6, 6.07) is 12.7. The number of nitrogen functional groups attached to an aromatic ring is 1. The molecule has 98 valence electrons. The van der Waals surface area contributed by atoms with Gasteiger partial charge in [0.25, 0.3) is 5.91 Å². The second-order valence-corrected chi connectivity index (χ2v) is 5.33. The molecule has 0 aliphatic carbocycles. The van der Waals surface area contributed by atoms with Gasteiger partial charge in [-0.1, -0.05) is 45.7 Å². The van der Waals surface area contributed by atoms with Gasteiger partial charge in [0.1, 0.15) is 0 Å². The summed E-state index contributed by atoms with van der Waals surface area (Å²) in [6.45, 7) is 0.443. The molecule has 2 aromatic rings. The van der Waals surface area contributed by atoms with Gasteiger partial charge in [-0.2, -0.15) is 0 Å². The van der Waals surface area contributed by atoms with Crippen LogP contribution in [0.25, 0.3) is 0 Å². The Hall–Kier alpha value is -1.52. The molecule has 0 atom stereocenters. The van der Waals surface area contributed by atoms with Crippen molar-refractivity contribution in [1.82, 2.24) is 5.32 Å². The van der Waals surface area contributed by atoms with Crippen LogP contribution in [0.5, 0.6) is 0 Å². The van der Waals surface area contributed by atoms with E-state index in [9.17, 15) is 4.79 Å². The van der Waals surface area contributed by atoms with Gasteiger partial charge in [-0.25, -0.2) is 0 Å². The van der Waals surface area contributed by atoms with Crippen molar-refractivity contribution in [2.45, 2.75) is 6.54 Å². The minimum Gasteiger partial charge on any atom is -0.397 e. The Balaban J connectivity index is 2.05. The molecule has 0 heterocycles. The van der Waals surface area contributed by atoms with Crippen molar-refractivity contribution in [3.8, 4) is 0 Å². The van der Waals surface area contributed by atoms with Crippen molar-refractivity contribution in [2.24, 2.45) is 0 Å². The monoisotopic (exact) mass is 338 g/mol. The molecule has 0 spiro atoms. The summed E-state index contributed by atoms with van der Waals surface area (Å²) in [5.41, 5.74) is 7.48. The van der Waals surface area contributed by atoms with Crippen molar-refractivity contribution in [3.05, 3.63) is 63.1 Å². The van der Waals surface area contributed by atoms with E-state index in [0.717, 1.165) is 10.0 Å². The maximum Gasteiger partial charge on any atom is 0.253 e. The molecule has 0 aliphatic heterocycles. The van der Waals surface area contributed by atoms with Gasteiger partial charge in [-0.15, -0.1) is 0 Å². The molecule has 2 aromatic carbocycles. The van der Waals surface area contributed by atoms with Gasteiger partial charge in [0.05, 0.1) is 16.3 Å². The van der Waals surface area contributed by atoms with E-state index < -0.39 is 0 Å². The third-order valence-corrected chi connectivity index (χ3v) is 3.52. The Morgan fingerprint density at radius 2 is 1.89 bits per heavy atom. The summed E-state index contributed by atoms with van der Waals surface area (Å²) in [6.07, 6.45) is 0. The maximum absolute atomic E-state index is 12.0. The quantitative estimate of drug-likeness (QED) is 0.839. The zero-order valence-corrected chi connectivity index (χ0v) is 12.3. The number of rotatable bonds is 3. The first kappa shape index (κ1) is 13.9.